The molecule has 0 heterocycles. The van der Waals surface area contributed by atoms with E-state index in [2.05, 4.69) is 12.2 Å². The Bertz CT molecular complexity index is 656. The Hall–Kier alpha value is -2.10. The highest BCUT2D eigenvalue weighted by Crippen LogP contribution is 2.28. The summed E-state index contributed by atoms with van der Waals surface area (Å²) in [5.41, 5.74) is 0.688. The molecular weight excluding hydrogens is 386 g/mol. The van der Waals surface area contributed by atoms with Crippen LogP contribution in [-0.2, 0) is 14.3 Å². The highest BCUT2D eigenvalue weighted by Gasteiger charge is 2.27. The largest absolute Gasteiger partial charge is 0.459 e. The third-order valence-electron chi connectivity index (χ3n) is 6.11. The molecule has 1 N–H and O–H groups in total. The average molecular weight is 428 g/mol. The van der Waals surface area contributed by atoms with Crippen LogP contribution in [0.4, 0.5) is 0 Å². The molecule has 0 aromatic heterocycles. The number of benzene rings is 1. The predicted molar refractivity (Wildman–Crippen MR) is 128 cm³/mol. The molecule has 0 bridgehead atoms. The minimum atomic E-state index is -0.313. The van der Waals surface area contributed by atoms with Crippen molar-refractivity contribution >= 4 is 18.0 Å². The van der Waals surface area contributed by atoms with E-state index in [1.165, 1.54) is 44.9 Å². The van der Waals surface area contributed by atoms with Crippen molar-refractivity contribution in [3.05, 3.63) is 42.0 Å². The van der Waals surface area contributed by atoms with E-state index in [9.17, 15) is 9.59 Å². The van der Waals surface area contributed by atoms with Gasteiger partial charge in [0.05, 0.1) is 0 Å². The van der Waals surface area contributed by atoms with Crippen LogP contribution in [0.1, 0.15) is 102 Å². The number of hydrogen-bond acceptors (Lipinski definition) is 3. The van der Waals surface area contributed by atoms with Crippen molar-refractivity contribution in [2.75, 3.05) is 6.54 Å². The number of esters is 1. The van der Waals surface area contributed by atoms with Crippen molar-refractivity contribution in [3.63, 3.8) is 0 Å². The van der Waals surface area contributed by atoms with Gasteiger partial charge in [-0.1, -0.05) is 75.3 Å². The molecule has 1 aromatic carbocycles. The lowest BCUT2D eigenvalue weighted by Gasteiger charge is -2.30. The lowest BCUT2D eigenvalue weighted by Crippen LogP contribution is -2.32. The van der Waals surface area contributed by atoms with Crippen molar-refractivity contribution < 1.29 is 14.3 Å². The summed E-state index contributed by atoms with van der Waals surface area (Å²) in [6.07, 6.45) is 18.7. The SMILES string of the molecule is CC1(OC(=O)CCCCNC(=O)/C=C/c2ccccc2)CCCCCCCCCCC1. The normalized spacial score (nSPS) is 18.0. The van der Waals surface area contributed by atoms with E-state index >= 15 is 0 Å². The highest BCUT2D eigenvalue weighted by molar-refractivity contribution is 5.91. The summed E-state index contributed by atoms with van der Waals surface area (Å²) in [6.45, 7) is 2.69. The van der Waals surface area contributed by atoms with E-state index in [0.717, 1.165) is 44.1 Å². The van der Waals surface area contributed by atoms with E-state index < -0.39 is 0 Å². The smallest absolute Gasteiger partial charge is 0.306 e. The van der Waals surface area contributed by atoms with Crippen molar-refractivity contribution in [3.8, 4) is 0 Å². The zero-order chi connectivity index (χ0) is 22.2. The van der Waals surface area contributed by atoms with E-state index in [1.807, 2.05) is 30.3 Å². The Kier molecular flexibility index (Phi) is 12.0. The van der Waals surface area contributed by atoms with Crippen LogP contribution in [0.5, 0.6) is 0 Å². The van der Waals surface area contributed by atoms with Crippen molar-refractivity contribution in [1.29, 1.82) is 0 Å². The van der Waals surface area contributed by atoms with Gasteiger partial charge in [-0.3, -0.25) is 9.59 Å². The van der Waals surface area contributed by atoms with Crippen LogP contribution < -0.4 is 5.32 Å². The molecule has 0 aliphatic heterocycles. The molecule has 4 nitrogen and oxygen atoms in total. The molecule has 4 heteroatoms. The second-order valence-electron chi connectivity index (χ2n) is 9.10. The molecular formula is C27H41NO3. The van der Waals surface area contributed by atoms with Crippen LogP contribution in [0.25, 0.3) is 6.08 Å². The van der Waals surface area contributed by atoms with Crippen LogP contribution in [0.2, 0.25) is 0 Å². The van der Waals surface area contributed by atoms with Gasteiger partial charge in [-0.05, 0) is 57.1 Å². The van der Waals surface area contributed by atoms with Gasteiger partial charge in [0.1, 0.15) is 5.60 Å². The molecule has 1 aliphatic rings. The molecule has 0 radical (unpaired) electrons. The van der Waals surface area contributed by atoms with Crippen LogP contribution >= 0.6 is 0 Å². The Balaban J connectivity index is 1.62. The van der Waals surface area contributed by atoms with E-state index in [-0.39, 0.29) is 17.5 Å². The summed E-state index contributed by atoms with van der Waals surface area (Å²) in [4.78, 5) is 24.3. The molecule has 1 amide bonds. The quantitative estimate of drug-likeness (QED) is 0.289. The maximum Gasteiger partial charge on any atom is 0.306 e. The molecule has 0 unspecified atom stereocenters. The Morgan fingerprint density at radius 1 is 0.903 bits per heavy atom. The van der Waals surface area contributed by atoms with Crippen molar-refractivity contribution in [2.24, 2.45) is 0 Å². The third-order valence-corrected chi connectivity index (χ3v) is 6.11. The minimum Gasteiger partial charge on any atom is -0.459 e. The zero-order valence-corrected chi connectivity index (χ0v) is 19.4. The maximum atomic E-state index is 12.4. The van der Waals surface area contributed by atoms with Gasteiger partial charge in [-0.25, -0.2) is 0 Å². The number of carbonyl (C=O) groups excluding carboxylic acids is 2. The lowest BCUT2D eigenvalue weighted by molar-refractivity contribution is -0.160. The standard InChI is InChI=1S/C27H41NO3/c1-27(21-13-7-5-3-2-4-6-8-14-22-27)31-26(30)18-12-15-23-28-25(29)20-19-24-16-10-9-11-17-24/h9-11,16-17,19-20H,2-8,12-15,18,21-23H2,1H3,(H,28,29)/b20-19+. The van der Waals surface area contributed by atoms with Gasteiger partial charge in [-0.2, -0.15) is 0 Å². The summed E-state index contributed by atoms with van der Waals surface area (Å²) in [7, 11) is 0. The molecule has 31 heavy (non-hydrogen) atoms. The van der Waals surface area contributed by atoms with Gasteiger partial charge in [0.25, 0.3) is 0 Å². The molecule has 1 saturated carbocycles. The van der Waals surface area contributed by atoms with Gasteiger partial charge in [0.15, 0.2) is 0 Å². The minimum absolute atomic E-state index is 0.0927. The molecule has 1 aromatic rings. The summed E-state index contributed by atoms with van der Waals surface area (Å²) < 4.78 is 5.96. The maximum absolute atomic E-state index is 12.4. The number of hydrogen-bond donors (Lipinski definition) is 1. The van der Waals surface area contributed by atoms with Crippen molar-refractivity contribution in [2.45, 2.75) is 102 Å². The van der Waals surface area contributed by atoms with Crippen molar-refractivity contribution in [1.82, 2.24) is 5.32 Å². The average Bonchev–Trinajstić information content (AvgIpc) is 2.75. The first-order valence-corrected chi connectivity index (χ1v) is 12.3. The molecule has 1 fully saturated rings. The number of carbonyl (C=O) groups is 2. The number of amides is 1. The first kappa shape index (κ1) is 25.2. The number of unbranched alkanes of at least 4 members (excludes halogenated alkanes) is 1. The topological polar surface area (TPSA) is 55.4 Å². The second-order valence-corrected chi connectivity index (χ2v) is 9.10. The summed E-state index contributed by atoms with van der Waals surface area (Å²) in [5, 5.41) is 2.88. The third kappa shape index (κ3) is 11.8. The van der Waals surface area contributed by atoms with E-state index in [0.29, 0.717) is 13.0 Å². The zero-order valence-electron chi connectivity index (χ0n) is 19.4. The fourth-order valence-electron chi connectivity index (χ4n) is 4.19. The Morgan fingerprint density at radius 2 is 1.48 bits per heavy atom. The van der Waals surface area contributed by atoms with Gasteiger partial charge in [0, 0.05) is 19.0 Å². The first-order chi connectivity index (χ1) is 15.1. The molecule has 172 valence electrons. The van der Waals surface area contributed by atoms with E-state index in [4.69, 9.17) is 4.74 Å². The van der Waals surface area contributed by atoms with Crippen LogP contribution in [-0.4, -0.2) is 24.0 Å². The Labute approximate surface area is 188 Å². The van der Waals surface area contributed by atoms with E-state index in [1.54, 1.807) is 12.2 Å². The van der Waals surface area contributed by atoms with Gasteiger partial charge < -0.3 is 10.1 Å². The fraction of sp³-hybridized carbons (Fsp3) is 0.630. The number of rotatable bonds is 8. The van der Waals surface area contributed by atoms with Crippen LogP contribution in [0.3, 0.4) is 0 Å². The Morgan fingerprint density at radius 3 is 2.10 bits per heavy atom. The summed E-state index contributed by atoms with van der Waals surface area (Å²) in [6, 6.07) is 9.75. The van der Waals surface area contributed by atoms with Gasteiger partial charge in [-0.15, -0.1) is 0 Å². The van der Waals surface area contributed by atoms with Crippen LogP contribution in [0.15, 0.2) is 36.4 Å². The lowest BCUT2D eigenvalue weighted by atomic mass is 9.90. The molecule has 1 aliphatic carbocycles. The summed E-state index contributed by atoms with van der Waals surface area (Å²) >= 11 is 0. The second kappa shape index (κ2) is 14.8. The fourth-order valence-corrected chi connectivity index (χ4v) is 4.19. The summed E-state index contributed by atoms with van der Waals surface area (Å²) in [5.74, 6) is -0.197. The molecule has 0 spiro atoms. The van der Waals surface area contributed by atoms with Gasteiger partial charge in [0.2, 0.25) is 5.91 Å². The molecule has 2 rings (SSSR count). The first-order valence-electron chi connectivity index (χ1n) is 12.3. The number of ether oxygens (including phenoxy) is 1. The molecule has 0 saturated heterocycles. The monoisotopic (exact) mass is 427 g/mol. The van der Waals surface area contributed by atoms with Gasteiger partial charge >= 0.3 is 5.97 Å². The predicted octanol–water partition coefficient (Wildman–Crippen LogP) is 6.59. The highest BCUT2D eigenvalue weighted by atomic mass is 16.6. The number of nitrogens with one attached hydrogen (secondary N) is 1. The van der Waals surface area contributed by atoms with Crippen LogP contribution in [0, 0.1) is 0 Å². The molecule has 0 atom stereocenters.